The van der Waals surface area contributed by atoms with E-state index in [9.17, 15) is 0 Å². The minimum atomic E-state index is 0.788. The second-order valence-corrected chi connectivity index (χ2v) is 5.95. The molecule has 0 radical (unpaired) electrons. The van der Waals surface area contributed by atoms with E-state index in [2.05, 4.69) is 42.6 Å². The molecule has 2 heterocycles. The van der Waals surface area contributed by atoms with Crippen LogP contribution in [0, 0.1) is 6.92 Å². The molecule has 120 valence electrons. The summed E-state index contributed by atoms with van der Waals surface area (Å²) in [7, 11) is 1.69. The van der Waals surface area contributed by atoms with Gasteiger partial charge in [0.2, 0.25) is 0 Å². The first-order chi connectivity index (χ1) is 11.8. The van der Waals surface area contributed by atoms with Crippen molar-refractivity contribution in [2.24, 2.45) is 0 Å². The molecule has 3 aromatic rings. The molecule has 24 heavy (non-hydrogen) atoms. The Morgan fingerprint density at radius 1 is 1.04 bits per heavy atom. The number of ether oxygens (including phenoxy) is 1. The third-order valence-corrected chi connectivity index (χ3v) is 4.49. The Balaban J connectivity index is 1.79. The number of methoxy groups -OCH3 is 1. The van der Waals surface area contributed by atoms with E-state index in [1.807, 2.05) is 24.3 Å². The van der Waals surface area contributed by atoms with E-state index in [1.54, 1.807) is 13.4 Å². The number of hydrogen-bond donors (Lipinski definition) is 1. The molecule has 0 atom stereocenters. The smallest absolute Gasteiger partial charge is 0.135 e. The highest BCUT2D eigenvalue weighted by Gasteiger charge is 2.18. The number of aryl methyl sites for hydroxylation is 1. The van der Waals surface area contributed by atoms with Crippen LogP contribution in [0.4, 0.5) is 5.69 Å². The van der Waals surface area contributed by atoms with Crippen LogP contribution in [0.25, 0.3) is 23.0 Å². The molecular weight excluding hydrogens is 298 g/mol. The molecule has 0 unspecified atom stereocenters. The monoisotopic (exact) mass is 317 g/mol. The van der Waals surface area contributed by atoms with Crippen LogP contribution in [0.5, 0.6) is 5.75 Å². The van der Waals surface area contributed by atoms with Gasteiger partial charge in [-0.2, -0.15) is 0 Å². The molecule has 1 aromatic heterocycles. The van der Waals surface area contributed by atoms with Gasteiger partial charge in [-0.3, -0.25) is 0 Å². The SMILES string of the molecule is COc1ccc(C2=Cc3c(C)ccc(-c4ccco4)c3NC2)cc1. The molecule has 0 amide bonds. The number of benzene rings is 2. The van der Waals surface area contributed by atoms with Crippen molar-refractivity contribution in [2.45, 2.75) is 6.92 Å². The van der Waals surface area contributed by atoms with Gasteiger partial charge in [-0.25, -0.2) is 0 Å². The number of nitrogens with one attached hydrogen (secondary N) is 1. The lowest BCUT2D eigenvalue weighted by Gasteiger charge is -2.23. The van der Waals surface area contributed by atoms with Crippen molar-refractivity contribution in [1.29, 1.82) is 0 Å². The summed E-state index contributed by atoms with van der Waals surface area (Å²) in [5.41, 5.74) is 7.19. The fourth-order valence-corrected chi connectivity index (χ4v) is 3.14. The summed E-state index contributed by atoms with van der Waals surface area (Å²) in [6.07, 6.45) is 3.98. The highest BCUT2D eigenvalue weighted by molar-refractivity contribution is 5.96. The van der Waals surface area contributed by atoms with Gasteiger partial charge in [-0.15, -0.1) is 0 Å². The average Bonchev–Trinajstić information content (AvgIpc) is 3.16. The molecule has 1 aliphatic heterocycles. The molecule has 3 heteroatoms. The van der Waals surface area contributed by atoms with Crippen molar-refractivity contribution >= 4 is 17.3 Å². The first-order valence-corrected chi connectivity index (χ1v) is 8.02. The van der Waals surface area contributed by atoms with Gasteiger partial charge in [0.05, 0.1) is 19.1 Å². The van der Waals surface area contributed by atoms with Crippen molar-refractivity contribution in [2.75, 3.05) is 19.0 Å². The van der Waals surface area contributed by atoms with Crippen LogP contribution in [0.2, 0.25) is 0 Å². The van der Waals surface area contributed by atoms with Crippen molar-refractivity contribution in [3.63, 3.8) is 0 Å². The second-order valence-electron chi connectivity index (χ2n) is 5.95. The lowest BCUT2D eigenvalue weighted by atomic mass is 9.92. The van der Waals surface area contributed by atoms with E-state index in [1.165, 1.54) is 22.3 Å². The number of rotatable bonds is 3. The van der Waals surface area contributed by atoms with Crippen LogP contribution < -0.4 is 10.1 Å². The molecule has 1 N–H and O–H groups in total. The normalized spacial score (nSPS) is 13.0. The molecule has 0 aliphatic carbocycles. The standard InChI is InChI=1S/C21H19NO2/c1-14-5-10-18(20-4-3-11-24-20)21-19(14)12-16(13-22-21)15-6-8-17(23-2)9-7-15/h3-12,22H,13H2,1-2H3. The predicted octanol–water partition coefficient (Wildman–Crippen LogP) is 5.23. The summed E-state index contributed by atoms with van der Waals surface area (Å²) < 4.78 is 10.8. The molecule has 0 fully saturated rings. The van der Waals surface area contributed by atoms with Gasteiger partial charge in [0.15, 0.2) is 0 Å². The Morgan fingerprint density at radius 2 is 1.88 bits per heavy atom. The minimum Gasteiger partial charge on any atom is -0.497 e. The first-order valence-electron chi connectivity index (χ1n) is 8.02. The zero-order valence-electron chi connectivity index (χ0n) is 13.8. The van der Waals surface area contributed by atoms with Gasteiger partial charge in [-0.05, 0) is 60.0 Å². The van der Waals surface area contributed by atoms with Crippen LogP contribution >= 0.6 is 0 Å². The van der Waals surface area contributed by atoms with Crippen LogP contribution in [0.15, 0.2) is 59.2 Å². The van der Waals surface area contributed by atoms with E-state index < -0.39 is 0 Å². The molecule has 0 spiro atoms. The third kappa shape index (κ3) is 2.48. The Labute approximate surface area is 141 Å². The molecule has 0 saturated heterocycles. The topological polar surface area (TPSA) is 34.4 Å². The number of hydrogen-bond acceptors (Lipinski definition) is 3. The fourth-order valence-electron chi connectivity index (χ4n) is 3.14. The molecule has 3 nitrogen and oxygen atoms in total. The summed E-state index contributed by atoms with van der Waals surface area (Å²) in [4.78, 5) is 0. The summed E-state index contributed by atoms with van der Waals surface area (Å²) in [6, 6.07) is 16.4. The highest BCUT2D eigenvalue weighted by atomic mass is 16.5. The van der Waals surface area contributed by atoms with E-state index in [4.69, 9.17) is 9.15 Å². The van der Waals surface area contributed by atoms with Crippen molar-refractivity contribution in [3.8, 4) is 17.1 Å². The summed E-state index contributed by atoms with van der Waals surface area (Å²) >= 11 is 0. The van der Waals surface area contributed by atoms with Crippen LogP contribution in [0.1, 0.15) is 16.7 Å². The van der Waals surface area contributed by atoms with Crippen molar-refractivity contribution < 1.29 is 9.15 Å². The van der Waals surface area contributed by atoms with E-state index >= 15 is 0 Å². The number of furan rings is 1. The highest BCUT2D eigenvalue weighted by Crippen LogP contribution is 2.38. The molecule has 2 aromatic carbocycles. The summed E-state index contributed by atoms with van der Waals surface area (Å²) in [5.74, 6) is 1.76. The lowest BCUT2D eigenvalue weighted by Crippen LogP contribution is -2.12. The van der Waals surface area contributed by atoms with Gasteiger partial charge in [0.25, 0.3) is 0 Å². The molecule has 4 rings (SSSR count). The molecule has 0 bridgehead atoms. The molecule has 1 aliphatic rings. The summed E-state index contributed by atoms with van der Waals surface area (Å²) in [5, 5.41) is 3.58. The van der Waals surface area contributed by atoms with Crippen LogP contribution in [-0.4, -0.2) is 13.7 Å². The maximum atomic E-state index is 5.59. The lowest BCUT2D eigenvalue weighted by molar-refractivity contribution is 0.415. The van der Waals surface area contributed by atoms with Crippen molar-refractivity contribution in [3.05, 3.63) is 71.5 Å². The Kier molecular flexibility index (Phi) is 3.62. The summed E-state index contributed by atoms with van der Waals surface area (Å²) in [6.45, 7) is 2.93. The Bertz CT molecular complexity index is 890. The fraction of sp³-hybridized carbons (Fsp3) is 0.143. The van der Waals surface area contributed by atoms with Gasteiger partial charge in [-0.1, -0.05) is 18.2 Å². The zero-order chi connectivity index (χ0) is 16.5. The van der Waals surface area contributed by atoms with Gasteiger partial charge < -0.3 is 14.5 Å². The number of anilines is 1. The number of fused-ring (bicyclic) bond motifs is 1. The largest absolute Gasteiger partial charge is 0.497 e. The zero-order valence-corrected chi connectivity index (χ0v) is 13.8. The second kappa shape index (κ2) is 5.93. The average molecular weight is 317 g/mol. The van der Waals surface area contributed by atoms with E-state index in [0.29, 0.717) is 0 Å². The van der Waals surface area contributed by atoms with Gasteiger partial charge in [0, 0.05) is 17.7 Å². The minimum absolute atomic E-state index is 0.788. The van der Waals surface area contributed by atoms with E-state index in [0.717, 1.165) is 29.3 Å². The maximum absolute atomic E-state index is 5.59. The van der Waals surface area contributed by atoms with Crippen molar-refractivity contribution in [1.82, 2.24) is 0 Å². The Morgan fingerprint density at radius 3 is 2.58 bits per heavy atom. The predicted molar refractivity (Wildman–Crippen MR) is 98.2 cm³/mol. The molecular formula is C21H19NO2. The van der Waals surface area contributed by atoms with Gasteiger partial charge >= 0.3 is 0 Å². The van der Waals surface area contributed by atoms with Crippen LogP contribution in [0.3, 0.4) is 0 Å². The molecule has 0 saturated carbocycles. The van der Waals surface area contributed by atoms with Gasteiger partial charge in [0.1, 0.15) is 11.5 Å². The third-order valence-electron chi connectivity index (χ3n) is 4.49. The van der Waals surface area contributed by atoms with E-state index in [-0.39, 0.29) is 0 Å². The quantitative estimate of drug-likeness (QED) is 0.718. The van der Waals surface area contributed by atoms with Crippen LogP contribution in [-0.2, 0) is 0 Å². The first kappa shape index (κ1) is 14.6. The Hall–Kier alpha value is -2.94. The maximum Gasteiger partial charge on any atom is 0.135 e.